The quantitative estimate of drug-likeness (QED) is 0.801. The number of amides is 1. The molecule has 1 rings (SSSR count). The molecule has 0 aliphatic heterocycles. The molecule has 1 aromatic carbocycles. The van der Waals surface area contributed by atoms with Crippen LogP contribution in [0.25, 0.3) is 0 Å². The lowest BCUT2D eigenvalue weighted by Crippen LogP contribution is -2.35. The van der Waals surface area contributed by atoms with Gasteiger partial charge < -0.3 is 10.4 Å². The highest BCUT2D eigenvalue weighted by Crippen LogP contribution is 2.07. The monoisotopic (exact) mass is 225 g/mol. The average Bonchev–Trinajstić information content (AvgIpc) is 2.28. The molecular formula is C12H16FNO2. The van der Waals surface area contributed by atoms with Gasteiger partial charge in [0.05, 0.1) is 5.56 Å². The Balaban J connectivity index is 2.68. The number of halogens is 1. The molecule has 1 aromatic rings. The zero-order valence-electron chi connectivity index (χ0n) is 9.24. The lowest BCUT2D eigenvalue weighted by atomic mass is 10.1. The Hall–Kier alpha value is -1.42. The Kier molecular flexibility index (Phi) is 4.92. The number of rotatable bonds is 5. The maximum absolute atomic E-state index is 13.3. The standard InChI is InChI=1S/C12H16FNO2/c1-2-9(7-8-15)14-12(16)10-5-3-4-6-11(10)13/h3-6,9,15H,2,7-8H2,1H3,(H,14,16). The first-order valence-electron chi connectivity index (χ1n) is 5.35. The highest BCUT2D eigenvalue weighted by molar-refractivity contribution is 5.94. The summed E-state index contributed by atoms with van der Waals surface area (Å²) in [7, 11) is 0. The summed E-state index contributed by atoms with van der Waals surface area (Å²) in [6.45, 7) is 1.91. The molecule has 2 N–H and O–H groups in total. The second-order valence-corrected chi connectivity index (χ2v) is 3.57. The second kappa shape index (κ2) is 6.23. The molecule has 0 aliphatic rings. The summed E-state index contributed by atoms with van der Waals surface area (Å²) in [5, 5.41) is 11.5. The summed E-state index contributed by atoms with van der Waals surface area (Å²) in [5.41, 5.74) is 0.0406. The van der Waals surface area contributed by atoms with E-state index in [0.717, 1.165) is 0 Å². The predicted molar refractivity (Wildman–Crippen MR) is 59.6 cm³/mol. The number of carbonyl (C=O) groups excluding carboxylic acids is 1. The van der Waals surface area contributed by atoms with Crippen LogP contribution in [0.4, 0.5) is 4.39 Å². The van der Waals surface area contributed by atoms with Gasteiger partial charge >= 0.3 is 0 Å². The van der Waals surface area contributed by atoms with Crippen molar-refractivity contribution >= 4 is 5.91 Å². The Morgan fingerprint density at radius 2 is 2.19 bits per heavy atom. The SMILES string of the molecule is CCC(CCO)NC(=O)c1ccccc1F. The van der Waals surface area contributed by atoms with E-state index in [-0.39, 0.29) is 18.2 Å². The molecule has 1 atom stereocenters. The second-order valence-electron chi connectivity index (χ2n) is 3.57. The molecule has 16 heavy (non-hydrogen) atoms. The summed E-state index contributed by atoms with van der Waals surface area (Å²) in [6.07, 6.45) is 1.19. The highest BCUT2D eigenvalue weighted by atomic mass is 19.1. The Bertz CT molecular complexity index is 355. The van der Waals surface area contributed by atoms with Crippen molar-refractivity contribution in [2.24, 2.45) is 0 Å². The largest absolute Gasteiger partial charge is 0.396 e. The minimum Gasteiger partial charge on any atom is -0.396 e. The van der Waals surface area contributed by atoms with E-state index in [1.807, 2.05) is 6.92 Å². The van der Waals surface area contributed by atoms with Crippen molar-refractivity contribution in [3.8, 4) is 0 Å². The molecule has 0 saturated carbocycles. The minimum atomic E-state index is -0.529. The number of benzene rings is 1. The van der Waals surface area contributed by atoms with Crippen LogP contribution in [0.15, 0.2) is 24.3 Å². The van der Waals surface area contributed by atoms with Crippen molar-refractivity contribution in [1.29, 1.82) is 0 Å². The van der Waals surface area contributed by atoms with E-state index in [1.165, 1.54) is 18.2 Å². The van der Waals surface area contributed by atoms with Crippen molar-refractivity contribution in [3.63, 3.8) is 0 Å². The van der Waals surface area contributed by atoms with Crippen LogP contribution in [0.5, 0.6) is 0 Å². The van der Waals surface area contributed by atoms with E-state index in [4.69, 9.17) is 5.11 Å². The number of carbonyl (C=O) groups is 1. The maximum Gasteiger partial charge on any atom is 0.254 e. The zero-order chi connectivity index (χ0) is 12.0. The molecule has 0 heterocycles. The average molecular weight is 225 g/mol. The van der Waals surface area contributed by atoms with Crippen LogP contribution in [-0.4, -0.2) is 23.7 Å². The lowest BCUT2D eigenvalue weighted by molar-refractivity contribution is 0.0925. The smallest absolute Gasteiger partial charge is 0.254 e. The third-order valence-corrected chi connectivity index (χ3v) is 2.42. The van der Waals surface area contributed by atoms with Crippen LogP contribution in [-0.2, 0) is 0 Å². The third-order valence-electron chi connectivity index (χ3n) is 2.42. The Labute approximate surface area is 94.3 Å². The van der Waals surface area contributed by atoms with E-state index in [9.17, 15) is 9.18 Å². The van der Waals surface area contributed by atoms with Gasteiger partial charge in [-0.25, -0.2) is 4.39 Å². The van der Waals surface area contributed by atoms with Gasteiger partial charge in [-0.2, -0.15) is 0 Å². The molecule has 1 unspecified atom stereocenters. The minimum absolute atomic E-state index is 0.00998. The van der Waals surface area contributed by atoms with Crippen LogP contribution in [0.3, 0.4) is 0 Å². The summed E-state index contributed by atoms with van der Waals surface area (Å²) in [6, 6.07) is 5.73. The first kappa shape index (κ1) is 12.6. The van der Waals surface area contributed by atoms with Crippen LogP contribution in [0.2, 0.25) is 0 Å². The molecule has 3 nitrogen and oxygen atoms in total. The maximum atomic E-state index is 13.3. The highest BCUT2D eigenvalue weighted by Gasteiger charge is 2.14. The lowest BCUT2D eigenvalue weighted by Gasteiger charge is -2.15. The summed E-state index contributed by atoms with van der Waals surface area (Å²) >= 11 is 0. The van der Waals surface area contributed by atoms with Crippen LogP contribution < -0.4 is 5.32 Å². The zero-order valence-corrected chi connectivity index (χ0v) is 9.24. The van der Waals surface area contributed by atoms with Gasteiger partial charge in [-0.05, 0) is 25.0 Å². The van der Waals surface area contributed by atoms with Gasteiger partial charge in [0, 0.05) is 12.6 Å². The van der Waals surface area contributed by atoms with Crippen molar-refractivity contribution < 1.29 is 14.3 Å². The molecular weight excluding hydrogens is 209 g/mol. The summed E-state index contributed by atoms with van der Waals surface area (Å²) in [5.74, 6) is -0.961. The van der Waals surface area contributed by atoms with E-state index in [0.29, 0.717) is 12.8 Å². The fourth-order valence-electron chi connectivity index (χ4n) is 1.44. The number of hydrogen-bond donors (Lipinski definition) is 2. The molecule has 0 fully saturated rings. The summed E-state index contributed by atoms with van der Waals surface area (Å²) in [4.78, 5) is 11.7. The first-order valence-corrected chi connectivity index (χ1v) is 5.35. The Morgan fingerprint density at radius 1 is 1.50 bits per heavy atom. The molecule has 0 aliphatic carbocycles. The van der Waals surface area contributed by atoms with E-state index in [1.54, 1.807) is 6.07 Å². The molecule has 0 spiro atoms. The van der Waals surface area contributed by atoms with Gasteiger partial charge in [0.25, 0.3) is 5.91 Å². The first-order chi connectivity index (χ1) is 7.69. The molecule has 0 bridgehead atoms. The number of hydrogen-bond acceptors (Lipinski definition) is 2. The van der Waals surface area contributed by atoms with E-state index < -0.39 is 11.7 Å². The molecule has 0 aromatic heterocycles. The topological polar surface area (TPSA) is 49.3 Å². The number of aliphatic hydroxyl groups is 1. The molecule has 1 amide bonds. The van der Waals surface area contributed by atoms with E-state index >= 15 is 0 Å². The van der Waals surface area contributed by atoms with Crippen LogP contribution in [0.1, 0.15) is 30.1 Å². The normalized spacial score (nSPS) is 12.2. The molecule has 0 radical (unpaired) electrons. The van der Waals surface area contributed by atoms with Crippen molar-refractivity contribution in [1.82, 2.24) is 5.32 Å². The van der Waals surface area contributed by atoms with Crippen molar-refractivity contribution in [2.45, 2.75) is 25.8 Å². The van der Waals surface area contributed by atoms with Gasteiger partial charge in [0.2, 0.25) is 0 Å². The Morgan fingerprint density at radius 3 is 2.75 bits per heavy atom. The summed E-state index contributed by atoms with van der Waals surface area (Å²) < 4.78 is 13.3. The van der Waals surface area contributed by atoms with E-state index in [2.05, 4.69) is 5.32 Å². The number of nitrogens with one attached hydrogen (secondary N) is 1. The molecule has 88 valence electrons. The molecule has 4 heteroatoms. The van der Waals surface area contributed by atoms with Gasteiger partial charge in [0.1, 0.15) is 5.82 Å². The van der Waals surface area contributed by atoms with Crippen molar-refractivity contribution in [3.05, 3.63) is 35.6 Å². The van der Waals surface area contributed by atoms with Crippen LogP contribution >= 0.6 is 0 Å². The van der Waals surface area contributed by atoms with Crippen molar-refractivity contribution in [2.75, 3.05) is 6.61 Å². The van der Waals surface area contributed by atoms with Gasteiger partial charge in [-0.15, -0.1) is 0 Å². The number of aliphatic hydroxyl groups excluding tert-OH is 1. The predicted octanol–water partition coefficient (Wildman–Crippen LogP) is 1.72. The fraction of sp³-hybridized carbons (Fsp3) is 0.417. The van der Waals surface area contributed by atoms with Crippen LogP contribution in [0, 0.1) is 5.82 Å². The third kappa shape index (κ3) is 3.31. The van der Waals surface area contributed by atoms with Gasteiger partial charge in [-0.1, -0.05) is 19.1 Å². The fourth-order valence-corrected chi connectivity index (χ4v) is 1.44. The van der Waals surface area contributed by atoms with Gasteiger partial charge in [-0.3, -0.25) is 4.79 Å². The molecule has 0 saturated heterocycles. The van der Waals surface area contributed by atoms with Gasteiger partial charge in [0.15, 0.2) is 0 Å².